The topological polar surface area (TPSA) is 38.0 Å². The minimum absolute atomic E-state index is 0.224. The number of anilines is 1. The van der Waals surface area contributed by atoms with Crippen LogP contribution in [0.2, 0.25) is 0 Å². The van der Waals surface area contributed by atoms with E-state index in [1.807, 2.05) is 0 Å². The van der Waals surface area contributed by atoms with E-state index in [9.17, 15) is 0 Å². The third kappa shape index (κ3) is 1.18. The normalized spacial score (nSPS) is 21.3. The second-order valence-corrected chi connectivity index (χ2v) is 3.41. The SMILES string of the molecule is Cc1ccc2c(c1)NCCC2N. The molecule has 0 saturated heterocycles. The summed E-state index contributed by atoms with van der Waals surface area (Å²) >= 11 is 0. The highest BCUT2D eigenvalue weighted by Gasteiger charge is 2.15. The molecule has 0 bridgehead atoms. The lowest BCUT2D eigenvalue weighted by molar-refractivity contribution is 0.655. The first-order chi connectivity index (χ1) is 5.77. The van der Waals surface area contributed by atoms with E-state index in [1.54, 1.807) is 0 Å². The minimum Gasteiger partial charge on any atom is -0.385 e. The highest BCUT2D eigenvalue weighted by atomic mass is 14.9. The van der Waals surface area contributed by atoms with Crippen molar-refractivity contribution >= 4 is 5.69 Å². The second-order valence-electron chi connectivity index (χ2n) is 3.41. The van der Waals surface area contributed by atoms with Crippen molar-refractivity contribution < 1.29 is 0 Å². The van der Waals surface area contributed by atoms with Gasteiger partial charge in [0.25, 0.3) is 0 Å². The van der Waals surface area contributed by atoms with Gasteiger partial charge in [0, 0.05) is 18.3 Å². The molecule has 1 atom stereocenters. The Labute approximate surface area is 72.8 Å². The zero-order valence-corrected chi connectivity index (χ0v) is 7.30. The number of benzene rings is 1. The van der Waals surface area contributed by atoms with Gasteiger partial charge < -0.3 is 11.1 Å². The molecule has 1 aromatic carbocycles. The van der Waals surface area contributed by atoms with Gasteiger partial charge in [0.05, 0.1) is 0 Å². The van der Waals surface area contributed by atoms with Crippen LogP contribution in [-0.2, 0) is 0 Å². The summed E-state index contributed by atoms with van der Waals surface area (Å²) in [5.41, 5.74) is 9.72. The van der Waals surface area contributed by atoms with Crippen LogP contribution in [0, 0.1) is 6.92 Å². The van der Waals surface area contributed by atoms with E-state index in [0.29, 0.717) is 0 Å². The van der Waals surface area contributed by atoms with E-state index in [4.69, 9.17) is 5.73 Å². The molecule has 1 aliphatic heterocycles. The number of hydrogen-bond donors (Lipinski definition) is 2. The average molecular weight is 162 g/mol. The Bertz CT molecular complexity index is 294. The Kier molecular flexibility index (Phi) is 1.77. The van der Waals surface area contributed by atoms with Crippen molar-refractivity contribution in [3.8, 4) is 0 Å². The van der Waals surface area contributed by atoms with Crippen LogP contribution in [0.1, 0.15) is 23.6 Å². The summed E-state index contributed by atoms with van der Waals surface area (Å²) in [4.78, 5) is 0. The fourth-order valence-electron chi connectivity index (χ4n) is 1.66. The van der Waals surface area contributed by atoms with Crippen molar-refractivity contribution in [2.45, 2.75) is 19.4 Å². The first-order valence-corrected chi connectivity index (χ1v) is 4.37. The smallest absolute Gasteiger partial charge is 0.0391 e. The summed E-state index contributed by atoms with van der Waals surface area (Å²) in [6.07, 6.45) is 1.04. The molecule has 1 heterocycles. The standard InChI is InChI=1S/C10H14N2/c1-7-2-3-8-9(11)4-5-12-10(8)6-7/h2-3,6,9,12H,4-5,11H2,1H3. The van der Waals surface area contributed by atoms with Gasteiger partial charge in [-0.15, -0.1) is 0 Å². The maximum atomic E-state index is 5.96. The number of hydrogen-bond acceptors (Lipinski definition) is 2. The highest BCUT2D eigenvalue weighted by Crippen LogP contribution is 2.28. The first kappa shape index (κ1) is 7.62. The van der Waals surface area contributed by atoms with Crippen molar-refractivity contribution in [2.75, 3.05) is 11.9 Å². The van der Waals surface area contributed by atoms with Gasteiger partial charge in [-0.1, -0.05) is 12.1 Å². The van der Waals surface area contributed by atoms with Crippen LogP contribution in [0.5, 0.6) is 0 Å². The average Bonchev–Trinajstić information content (AvgIpc) is 2.04. The van der Waals surface area contributed by atoms with E-state index >= 15 is 0 Å². The van der Waals surface area contributed by atoms with Crippen LogP contribution in [0.15, 0.2) is 18.2 Å². The largest absolute Gasteiger partial charge is 0.385 e. The highest BCUT2D eigenvalue weighted by molar-refractivity contribution is 5.56. The summed E-state index contributed by atoms with van der Waals surface area (Å²) in [6.45, 7) is 3.10. The molecule has 1 unspecified atom stereocenters. The fourth-order valence-corrected chi connectivity index (χ4v) is 1.66. The summed E-state index contributed by atoms with van der Waals surface area (Å²) in [7, 11) is 0. The van der Waals surface area contributed by atoms with E-state index in [2.05, 4.69) is 30.4 Å². The molecule has 0 radical (unpaired) electrons. The number of rotatable bonds is 0. The van der Waals surface area contributed by atoms with Crippen molar-refractivity contribution in [2.24, 2.45) is 5.73 Å². The molecule has 0 aromatic heterocycles. The fraction of sp³-hybridized carbons (Fsp3) is 0.400. The van der Waals surface area contributed by atoms with E-state index in [0.717, 1.165) is 13.0 Å². The summed E-state index contributed by atoms with van der Waals surface area (Å²) in [5, 5.41) is 3.35. The van der Waals surface area contributed by atoms with Gasteiger partial charge in [-0.05, 0) is 30.5 Å². The van der Waals surface area contributed by atoms with Crippen molar-refractivity contribution in [3.05, 3.63) is 29.3 Å². The van der Waals surface area contributed by atoms with Crippen LogP contribution in [-0.4, -0.2) is 6.54 Å². The van der Waals surface area contributed by atoms with Crippen LogP contribution < -0.4 is 11.1 Å². The number of nitrogens with one attached hydrogen (secondary N) is 1. The Balaban J connectivity index is 2.46. The molecule has 1 aliphatic rings. The third-order valence-corrected chi connectivity index (χ3v) is 2.38. The molecule has 12 heavy (non-hydrogen) atoms. The maximum Gasteiger partial charge on any atom is 0.0391 e. The van der Waals surface area contributed by atoms with Crippen LogP contribution >= 0.6 is 0 Å². The van der Waals surface area contributed by atoms with Gasteiger partial charge in [-0.25, -0.2) is 0 Å². The molecule has 2 rings (SSSR count). The van der Waals surface area contributed by atoms with E-state index in [1.165, 1.54) is 16.8 Å². The molecule has 1 aromatic rings. The lowest BCUT2D eigenvalue weighted by atomic mass is 9.97. The van der Waals surface area contributed by atoms with Crippen molar-refractivity contribution in [3.63, 3.8) is 0 Å². The predicted octanol–water partition coefficient (Wildman–Crippen LogP) is 1.81. The Morgan fingerprint density at radius 2 is 2.33 bits per heavy atom. The predicted molar refractivity (Wildman–Crippen MR) is 51.2 cm³/mol. The monoisotopic (exact) mass is 162 g/mol. The Hall–Kier alpha value is -1.02. The quantitative estimate of drug-likeness (QED) is 0.610. The molecular formula is C10H14N2. The number of aryl methyl sites for hydroxylation is 1. The maximum absolute atomic E-state index is 5.96. The molecule has 0 fully saturated rings. The lowest BCUT2D eigenvalue weighted by Gasteiger charge is -2.23. The molecular weight excluding hydrogens is 148 g/mol. The van der Waals surface area contributed by atoms with Gasteiger partial charge in [0.2, 0.25) is 0 Å². The van der Waals surface area contributed by atoms with Gasteiger partial charge in [-0.2, -0.15) is 0 Å². The lowest BCUT2D eigenvalue weighted by Crippen LogP contribution is -2.22. The van der Waals surface area contributed by atoms with Gasteiger partial charge >= 0.3 is 0 Å². The molecule has 0 amide bonds. The van der Waals surface area contributed by atoms with Crippen LogP contribution in [0.3, 0.4) is 0 Å². The van der Waals surface area contributed by atoms with Crippen molar-refractivity contribution in [1.29, 1.82) is 0 Å². The molecule has 0 aliphatic carbocycles. The Morgan fingerprint density at radius 3 is 3.17 bits per heavy atom. The molecule has 2 nitrogen and oxygen atoms in total. The first-order valence-electron chi connectivity index (χ1n) is 4.37. The number of fused-ring (bicyclic) bond motifs is 1. The molecule has 2 heteroatoms. The summed E-state index contributed by atoms with van der Waals surface area (Å²) in [5.74, 6) is 0. The molecule has 3 N–H and O–H groups in total. The summed E-state index contributed by atoms with van der Waals surface area (Å²) in [6, 6.07) is 6.63. The summed E-state index contributed by atoms with van der Waals surface area (Å²) < 4.78 is 0. The molecule has 0 spiro atoms. The van der Waals surface area contributed by atoms with Gasteiger partial charge in [0.15, 0.2) is 0 Å². The Morgan fingerprint density at radius 1 is 1.50 bits per heavy atom. The molecule has 64 valence electrons. The minimum atomic E-state index is 0.224. The second kappa shape index (κ2) is 2.79. The molecule has 0 saturated carbocycles. The van der Waals surface area contributed by atoms with E-state index in [-0.39, 0.29) is 6.04 Å². The van der Waals surface area contributed by atoms with E-state index < -0.39 is 0 Å². The van der Waals surface area contributed by atoms with Gasteiger partial charge in [-0.3, -0.25) is 0 Å². The zero-order valence-electron chi connectivity index (χ0n) is 7.30. The van der Waals surface area contributed by atoms with Crippen LogP contribution in [0.25, 0.3) is 0 Å². The van der Waals surface area contributed by atoms with Gasteiger partial charge in [0.1, 0.15) is 0 Å². The number of nitrogens with two attached hydrogens (primary N) is 1. The zero-order chi connectivity index (χ0) is 8.55. The van der Waals surface area contributed by atoms with Crippen LogP contribution in [0.4, 0.5) is 5.69 Å². The third-order valence-electron chi connectivity index (χ3n) is 2.38. The van der Waals surface area contributed by atoms with Crippen molar-refractivity contribution in [1.82, 2.24) is 0 Å².